The highest BCUT2D eigenvalue weighted by Crippen LogP contribution is 2.13. The minimum atomic E-state index is -0.617. The first-order valence-electron chi connectivity index (χ1n) is 6.28. The summed E-state index contributed by atoms with van der Waals surface area (Å²) in [6.07, 6.45) is -0.0923. The number of aliphatic hydroxyl groups excluding tert-OH is 2. The Balaban J connectivity index is 2.91. The lowest BCUT2D eigenvalue weighted by atomic mass is 10.1. The van der Waals surface area contributed by atoms with Crippen LogP contribution in [0.2, 0.25) is 0 Å². The first kappa shape index (κ1) is 16.2. The van der Waals surface area contributed by atoms with Gasteiger partial charge in [-0.05, 0) is 31.5 Å². The molecular formula is C15H18FNO3. The molecule has 1 rings (SSSR count). The summed E-state index contributed by atoms with van der Waals surface area (Å²) < 4.78 is 13.7. The average Bonchev–Trinajstić information content (AvgIpc) is 2.43. The van der Waals surface area contributed by atoms with Crippen molar-refractivity contribution in [2.24, 2.45) is 0 Å². The van der Waals surface area contributed by atoms with Crippen LogP contribution < -0.4 is 0 Å². The summed E-state index contributed by atoms with van der Waals surface area (Å²) in [5, 5.41) is 17.8. The first-order chi connectivity index (χ1) is 9.45. The largest absolute Gasteiger partial charge is 0.393 e. The molecule has 0 fully saturated rings. The third kappa shape index (κ3) is 4.65. The average molecular weight is 279 g/mol. The lowest BCUT2D eigenvalue weighted by molar-refractivity contribution is 0.0764. The van der Waals surface area contributed by atoms with E-state index in [0.717, 1.165) is 0 Å². The quantitative estimate of drug-likeness (QED) is 0.809. The Morgan fingerprint density at radius 2 is 2.20 bits per heavy atom. The molecule has 1 aromatic rings. The molecule has 0 bridgehead atoms. The van der Waals surface area contributed by atoms with E-state index >= 15 is 0 Å². The Morgan fingerprint density at radius 3 is 2.80 bits per heavy atom. The number of hydrogen-bond acceptors (Lipinski definition) is 3. The molecule has 0 aliphatic heterocycles. The highest BCUT2D eigenvalue weighted by atomic mass is 19.1. The number of rotatable bonds is 4. The van der Waals surface area contributed by atoms with Crippen molar-refractivity contribution in [3.05, 3.63) is 35.1 Å². The molecule has 4 nitrogen and oxygen atoms in total. The van der Waals surface area contributed by atoms with Crippen LogP contribution in [0.1, 0.15) is 29.3 Å². The Hall–Kier alpha value is -1.90. The summed E-state index contributed by atoms with van der Waals surface area (Å²) in [5.41, 5.74) is 0.399. The van der Waals surface area contributed by atoms with Gasteiger partial charge in [0, 0.05) is 19.2 Å². The predicted molar refractivity (Wildman–Crippen MR) is 73.6 cm³/mol. The molecule has 0 aliphatic rings. The molecule has 108 valence electrons. The van der Waals surface area contributed by atoms with E-state index in [0.29, 0.717) is 18.5 Å². The van der Waals surface area contributed by atoms with Gasteiger partial charge in [0.05, 0.1) is 11.7 Å². The molecule has 1 aromatic carbocycles. The van der Waals surface area contributed by atoms with E-state index in [1.807, 2.05) is 0 Å². The molecule has 0 aromatic heterocycles. The molecule has 2 N–H and O–H groups in total. The van der Waals surface area contributed by atoms with Crippen molar-refractivity contribution in [2.75, 3.05) is 20.2 Å². The van der Waals surface area contributed by atoms with Crippen LogP contribution in [0.5, 0.6) is 0 Å². The van der Waals surface area contributed by atoms with Gasteiger partial charge < -0.3 is 15.1 Å². The summed E-state index contributed by atoms with van der Waals surface area (Å²) in [5.74, 6) is 3.99. The van der Waals surface area contributed by atoms with E-state index in [4.69, 9.17) is 5.11 Å². The number of aliphatic hydroxyl groups is 2. The van der Waals surface area contributed by atoms with E-state index in [2.05, 4.69) is 11.8 Å². The molecule has 1 amide bonds. The number of nitrogens with zero attached hydrogens (tertiary/aromatic N) is 1. The molecule has 1 unspecified atom stereocenters. The standard InChI is InChI=1S/C15H18FNO3/c1-11(19)7-8-17(2)15(20)13-10-12(4-3-9-18)5-6-14(13)16/h5-6,10-11,18-19H,7-9H2,1-2H3. The Kier molecular flexibility index (Phi) is 6.16. The van der Waals surface area contributed by atoms with Gasteiger partial charge in [-0.25, -0.2) is 4.39 Å². The maximum Gasteiger partial charge on any atom is 0.256 e. The second-order valence-electron chi connectivity index (χ2n) is 4.52. The fraction of sp³-hybridized carbons (Fsp3) is 0.400. The van der Waals surface area contributed by atoms with Crippen molar-refractivity contribution in [3.63, 3.8) is 0 Å². The van der Waals surface area contributed by atoms with Gasteiger partial charge in [-0.15, -0.1) is 0 Å². The van der Waals surface area contributed by atoms with Gasteiger partial charge in [0.25, 0.3) is 5.91 Å². The van der Waals surface area contributed by atoms with Crippen LogP contribution in [0.3, 0.4) is 0 Å². The van der Waals surface area contributed by atoms with Gasteiger partial charge in [0.15, 0.2) is 0 Å². The number of benzene rings is 1. The molecule has 0 saturated carbocycles. The molecule has 1 atom stereocenters. The van der Waals surface area contributed by atoms with Gasteiger partial charge in [0.1, 0.15) is 12.4 Å². The second-order valence-corrected chi connectivity index (χ2v) is 4.52. The molecule has 20 heavy (non-hydrogen) atoms. The van der Waals surface area contributed by atoms with Crippen molar-refractivity contribution in [1.29, 1.82) is 0 Å². The SMILES string of the molecule is CC(O)CCN(C)C(=O)c1cc(C#CCO)ccc1F. The summed E-state index contributed by atoms with van der Waals surface area (Å²) >= 11 is 0. The number of amides is 1. The third-order valence-electron chi connectivity index (χ3n) is 2.74. The van der Waals surface area contributed by atoms with Crippen molar-refractivity contribution >= 4 is 5.91 Å². The number of halogens is 1. The van der Waals surface area contributed by atoms with E-state index in [1.54, 1.807) is 14.0 Å². The van der Waals surface area contributed by atoms with E-state index in [-0.39, 0.29) is 12.2 Å². The summed E-state index contributed by atoms with van der Waals surface area (Å²) in [6, 6.07) is 3.99. The van der Waals surface area contributed by atoms with Gasteiger partial charge in [-0.3, -0.25) is 4.79 Å². The zero-order valence-electron chi connectivity index (χ0n) is 11.6. The lowest BCUT2D eigenvalue weighted by Crippen LogP contribution is -2.30. The Bertz CT molecular complexity index is 532. The van der Waals surface area contributed by atoms with E-state index in [9.17, 15) is 14.3 Å². The normalized spacial score (nSPS) is 11.4. The van der Waals surface area contributed by atoms with Crippen LogP contribution in [0.25, 0.3) is 0 Å². The number of carbonyl (C=O) groups is 1. The van der Waals surface area contributed by atoms with Crippen molar-refractivity contribution in [3.8, 4) is 11.8 Å². The summed E-state index contributed by atoms with van der Waals surface area (Å²) in [4.78, 5) is 13.5. The molecule has 0 saturated heterocycles. The monoisotopic (exact) mass is 279 g/mol. The van der Waals surface area contributed by atoms with Crippen molar-refractivity contribution < 1.29 is 19.4 Å². The van der Waals surface area contributed by atoms with Crippen LogP contribution in [-0.4, -0.2) is 47.3 Å². The highest BCUT2D eigenvalue weighted by molar-refractivity contribution is 5.94. The van der Waals surface area contributed by atoms with Crippen molar-refractivity contribution in [1.82, 2.24) is 4.90 Å². The fourth-order valence-electron chi connectivity index (χ4n) is 1.60. The zero-order chi connectivity index (χ0) is 15.1. The van der Waals surface area contributed by atoms with Crippen LogP contribution in [0, 0.1) is 17.7 Å². The van der Waals surface area contributed by atoms with Crippen molar-refractivity contribution in [2.45, 2.75) is 19.4 Å². The lowest BCUT2D eigenvalue weighted by Gasteiger charge is -2.18. The fourth-order valence-corrected chi connectivity index (χ4v) is 1.60. The van der Waals surface area contributed by atoms with Crippen LogP contribution >= 0.6 is 0 Å². The van der Waals surface area contributed by atoms with Gasteiger partial charge >= 0.3 is 0 Å². The summed E-state index contributed by atoms with van der Waals surface area (Å²) in [6.45, 7) is 1.67. The Labute approximate surface area is 117 Å². The molecule has 0 radical (unpaired) electrons. The van der Waals surface area contributed by atoms with Gasteiger partial charge in [-0.2, -0.15) is 0 Å². The van der Waals surface area contributed by atoms with Crippen LogP contribution in [-0.2, 0) is 0 Å². The molecular weight excluding hydrogens is 261 g/mol. The zero-order valence-corrected chi connectivity index (χ0v) is 11.6. The molecule has 5 heteroatoms. The topological polar surface area (TPSA) is 60.8 Å². The Morgan fingerprint density at radius 1 is 1.50 bits per heavy atom. The predicted octanol–water partition coefficient (Wildman–Crippen LogP) is 1.01. The maximum absolute atomic E-state index is 13.7. The molecule has 0 aliphatic carbocycles. The van der Waals surface area contributed by atoms with Gasteiger partial charge in [-0.1, -0.05) is 11.8 Å². The molecule has 0 heterocycles. The summed E-state index contributed by atoms with van der Waals surface area (Å²) in [7, 11) is 1.55. The molecule has 0 spiro atoms. The van der Waals surface area contributed by atoms with Crippen LogP contribution in [0.4, 0.5) is 4.39 Å². The number of hydrogen-bond donors (Lipinski definition) is 2. The minimum absolute atomic E-state index is 0.0668. The van der Waals surface area contributed by atoms with E-state index in [1.165, 1.54) is 23.1 Å². The third-order valence-corrected chi connectivity index (χ3v) is 2.74. The second kappa shape index (κ2) is 7.63. The highest BCUT2D eigenvalue weighted by Gasteiger charge is 2.16. The van der Waals surface area contributed by atoms with Gasteiger partial charge in [0.2, 0.25) is 0 Å². The van der Waals surface area contributed by atoms with Crippen LogP contribution in [0.15, 0.2) is 18.2 Å². The number of carbonyl (C=O) groups excluding carboxylic acids is 1. The minimum Gasteiger partial charge on any atom is -0.393 e. The van der Waals surface area contributed by atoms with E-state index < -0.39 is 17.8 Å². The first-order valence-corrected chi connectivity index (χ1v) is 6.28. The maximum atomic E-state index is 13.7. The smallest absolute Gasteiger partial charge is 0.256 e.